The highest BCUT2D eigenvalue weighted by atomic mass is 79.9. The minimum Gasteiger partial charge on any atom is -0.478 e. The predicted octanol–water partition coefficient (Wildman–Crippen LogP) is 2.61. The van der Waals surface area contributed by atoms with Crippen molar-refractivity contribution in [1.29, 1.82) is 0 Å². The number of carbonyl (C=O) groups excluding carboxylic acids is 1. The van der Waals surface area contributed by atoms with Gasteiger partial charge >= 0.3 is 12.0 Å². The van der Waals surface area contributed by atoms with E-state index in [0.717, 1.165) is 0 Å². The lowest BCUT2D eigenvalue weighted by atomic mass is 10.0. The molecule has 0 aromatic heterocycles. The third kappa shape index (κ3) is 5.02. The summed E-state index contributed by atoms with van der Waals surface area (Å²) in [6.45, 7) is 4.43. The molecular weight excluding hydrogens is 338 g/mol. The van der Waals surface area contributed by atoms with Crippen LogP contribution in [0.2, 0.25) is 0 Å². The molecule has 0 aliphatic carbocycles. The second kappa shape index (κ2) is 6.91. The molecule has 0 saturated heterocycles. The van der Waals surface area contributed by atoms with Gasteiger partial charge in [0.2, 0.25) is 0 Å². The SMILES string of the molecule is CN(C)C(C)(C)CNC(=O)Nc1ccc(Br)cc1C(=O)O. The Hall–Kier alpha value is -1.60. The Kier molecular flexibility index (Phi) is 5.74. The number of halogens is 1. The summed E-state index contributed by atoms with van der Waals surface area (Å²) in [5, 5.41) is 14.4. The van der Waals surface area contributed by atoms with E-state index in [1.165, 1.54) is 6.07 Å². The normalized spacial score (nSPS) is 11.3. The van der Waals surface area contributed by atoms with Gasteiger partial charge in [0, 0.05) is 16.6 Å². The maximum Gasteiger partial charge on any atom is 0.337 e. The number of aromatic carboxylic acids is 1. The standard InChI is InChI=1S/C14H20BrN3O3/c1-14(2,18(3)4)8-16-13(21)17-11-6-5-9(15)7-10(11)12(19)20/h5-7H,8H2,1-4H3,(H,19,20)(H2,16,17,21). The average Bonchev–Trinajstić information content (AvgIpc) is 2.38. The molecule has 7 heteroatoms. The van der Waals surface area contributed by atoms with E-state index in [9.17, 15) is 9.59 Å². The van der Waals surface area contributed by atoms with Gasteiger partial charge in [0.25, 0.3) is 0 Å². The molecule has 3 N–H and O–H groups in total. The maximum atomic E-state index is 11.9. The highest BCUT2D eigenvalue weighted by Gasteiger charge is 2.21. The van der Waals surface area contributed by atoms with Crippen LogP contribution in [0.3, 0.4) is 0 Å². The topological polar surface area (TPSA) is 81.7 Å². The highest BCUT2D eigenvalue weighted by Crippen LogP contribution is 2.21. The molecule has 0 aliphatic rings. The Labute approximate surface area is 132 Å². The van der Waals surface area contributed by atoms with Gasteiger partial charge in [0.15, 0.2) is 0 Å². The van der Waals surface area contributed by atoms with Gasteiger partial charge in [-0.05, 0) is 46.1 Å². The lowest BCUT2D eigenvalue weighted by Gasteiger charge is -2.32. The molecule has 6 nitrogen and oxygen atoms in total. The quantitative estimate of drug-likeness (QED) is 0.756. The monoisotopic (exact) mass is 357 g/mol. The van der Waals surface area contributed by atoms with Crippen molar-refractivity contribution in [2.24, 2.45) is 0 Å². The average molecular weight is 358 g/mol. The van der Waals surface area contributed by atoms with Crippen molar-refractivity contribution in [3.63, 3.8) is 0 Å². The molecule has 2 amide bonds. The van der Waals surface area contributed by atoms with Crippen molar-refractivity contribution >= 4 is 33.6 Å². The summed E-state index contributed by atoms with van der Waals surface area (Å²) >= 11 is 3.21. The number of nitrogens with zero attached hydrogens (tertiary/aromatic N) is 1. The summed E-state index contributed by atoms with van der Waals surface area (Å²) in [4.78, 5) is 25.1. The van der Waals surface area contributed by atoms with Gasteiger partial charge < -0.3 is 20.6 Å². The summed E-state index contributed by atoms with van der Waals surface area (Å²) in [6, 6.07) is 4.23. The number of amides is 2. The molecule has 0 saturated carbocycles. The molecule has 0 radical (unpaired) electrons. The first-order chi connectivity index (χ1) is 9.63. The van der Waals surface area contributed by atoms with Gasteiger partial charge in [-0.1, -0.05) is 15.9 Å². The van der Waals surface area contributed by atoms with Crippen LogP contribution in [-0.4, -0.2) is 48.2 Å². The van der Waals surface area contributed by atoms with Crippen LogP contribution in [0.1, 0.15) is 24.2 Å². The predicted molar refractivity (Wildman–Crippen MR) is 85.9 cm³/mol. The molecule has 21 heavy (non-hydrogen) atoms. The summed E-state index contributed by atoms with van der Waals surface area (Å²) in [7, 11) is 3.85. The van der Waals surface area contributed by atoms with Crippen LogP contribution in [0.25, 0.3) is 0 Å². The van der Waals surface area contributed by atoms with Crippen LogP contribution < -0.4 is 10.6 Å². The van der Waals surface area contributed by atoms with E-state index in [-0.39, 0.29) is 16.8 Å². The van der Waals surface area contributed by atoms with Crippen molar-refractivity contribution in [3.05, 3.63) is 28.2 Å². The van der Waals surface area contributed by atoms with Gasteiger partial charge in [-0.2, -0.15) is 0 Å². The largest absolute Gasteiger partial charge is 0.478 e. The van der Waals surface area contributed by atoms with Crippen molar-refractivity contribution in [1.82, 2.24) is 10.2 Å². The fourth-order valence-corrected chi connectivity index (χ4v) is 1.78. The third-order valence-electron chi connectivity index (χ3n) is 3.35. The molecule has 0 spiro atoms. The number of likely N-dealkylation sites (N-methyl/N-ethyl adjacent to an activating group) is 1. The molecule has 116 valence electrons. The molecule has 0 fully saturated rings. The second-order valence-corrected chi connectivity index (χ2v) is 6.43. The van der Waals surface area contributed by atoms with Crippen LogP contribution in [0, 0.1) is 0 Å². The third-order valence-corrected chi connectivity index (χ3v) is 3.85. The number of urea groups is 1. The number of carboxylic acid groups (broad SMARTS) is 1. The van der Waals surface area contributed by atoms with Crippen LogP contribution >= 0.6 is 15.9 Å². The van der Waals surface area contributed by atoms with Gasteiger partial charge in [0.05, 0.1) is 11.3 Å². The second-order valence-electron chi connectivity index (χ2n) is 5.51. The molecule has 1 rings (SSSR count). The van der Waals surface area contributed by atoms with Crippen molar-refractivity contribution in [2.45, 2.75) is 19.4 Å². The summed E-state index contributed by atoms with van der Waals surface area (Å²) in [5.41, 5.74) is 0.0874. The summed E-state index contributed by atoms with van der Waals surface area (Å²) in [5.74, 6) is -1.10. The molecule has 0 atom stereocenters. The number of hydrogen-bond donors (Lipinski definition) is 3. The smallest absolute Gasteiger partial charge is 0.337 e. The fourth-order valence-electron chi connectivity index (χ4n) is 1.42. The zero-order chi connectivity index (χ0) is 16.2. The lowest BCUT2D eigenvalue weighted by molar-refractivity contribution is 0.0698. The van der Waals surface area contributed by atoms with Gasteiger partial charge in [-0.25, -0.2) is 9.59 Å². The van der Waals surface area contributed by atoms with E-state index in [2.05, 4.69) is 26.6 Å². The summed E-state index contributed by atoms with van der Waals surface area (Å²) < 4.78 is 0.639. The number of anilines is 1. The maximum absolute atomic E-state index is 11.9. The minimum atomic E-state index is -1.10. The first-order valence-corrected chi connectivity index (χ1v) is 7.18. The first kappa shape index (κ1) is 17.5. The Morgan fingerprint density at radius 3 is 2.48 bits per heavy atom. The van der Waals surface area contributed by atoms with Crippen molar-refractivity contribution < 1.29 is 14.7 Å². The van der Waals surface area contributed by atoms with E-state index in [4.69, 9.17) is 5.11 Å². The highest BCUT2D eigenvalue weighted by molar-refractivity contribution is 9.10. The number of hydrogen-bond acceptors (Lipinski definition) is 3. The molecule has 0 bridgehead atoms. The number of rotatable bonds is 5. The molecule has 1 aromatic carbocycles. The van der Waals surface area contributed by atoms with Crippen LogP contribution in [0.5, 0.6) is 0 Å². The zero-order valence-corrected chi connectivity index (χ0v) is 14.1. The van der Waals surface area contributed by atoms with Crippen molar-refractivity contribution in [2.75, 3.05) is 26.0 Å². The molecule has 1 aromatic rings. The first-order valence-electron chi connectivity index (χ1n) is 6.38. The Morgan fingerprint density at radius 2 is 1.95 bits per heavy atom. The van der Waals surface area contributed by atoms with Crippen LogP contribution in [0.4, 0.5) is 10.5 Å². The Bertz CT molecular complexity index is 544. The van der Waals surface area contributed by atoms with Crippen molar-refractivity contribution in [3.8, 4) is 0 Å². The van der Waals surface area contributed by atoms with Crippen LogP contribution in [-0.2, 0) is 0 Å². The van der Waals surface area contributed by atoms with Gasteiger partial charge in [-0.15, -0.1) is 0 Å². The Balaban J connectivity index is 2.74. The zero-order valence-electron chi connectivity index (χ0n) is 12.5. The summed E-state index contributed by atoms with van der Waals surface area (Å²) in [6.07, 6.45) is 0. The Morgan fingerprint density at radius 1 is 1.33 bits per heavy atom. The van der Waals surface area contributed by atoms with Gasteiger partial charge in [0.1, 0.15) is 0 Å². The van der Waals surface area contributed by atoms with E-state index in [1.807, 2.05) is 32.8 Å². The van der Waals surface area contributed by atoms with E-state index < -0.39 is 12.0 Å². The minimum absolute atomic E-state index is 0.0337. The number of benzene rings is 1. The molecule has 0 unspecified atom stereocenters. The number of carbonyl (C=O) groups is 2. The van der Waals surface area contributed by atoms with E-state index in [1.54, 1.807) is 12.1 Å². The fraction of sp³-hybridized carbons (Fsp3) is 0.429. The number of nitrogens with one attached hydrogen (secondary N) is 2. The molecule has 0 aliphatic heterocycles. The molecule has 0 heterocycles. The molecular formula is C14H20BrN3O3. The number of carboxylic acids is 1. The van der Waals surface area contributed by atoms with Gasteiger partial charge in [-0.3, -0.25) is 0 Å². The van der Waals surface area contributed by atoms with E-state index in [0.29, 0.717) is 11.0 Å². The van der Waals surface area contributed by atoms with Crippen LogP contribution in [0.15, 0.2) is 22.7 Å². The van der Waals surface area contributed by atoms with E-state index >= 15 is 0 Å². The lowest BCUT2D eigenvalue weighted by Crippen LogP contribution is -2.49.